The van der Waals surface area contributed by atoms with Crippen molar-refractivity contribution in [1.82, 2.24) is 10.6 Å². The van der Waals surface area contributed by atoms with Crippen LogP contribution in [0.1, 0.15) is 42.1 Å². The van der Waals surface area contributed by atoms with Gasteiger partial charge in [-0.25, -0.2) is 0 Å². The van der Waals surface area contributed by atoms with Crippen molar-refractivity contribution in [3.05, 3.63) is 35.4 Å². The van der Waals surface area contributed by atoms with Gasteiger partial charge >= 0.3 is 0 Å². The lowest BCUT2D eigenvalue weighted by Gasteiger charge is -2.13. The molecule has 2 atom stereocenters. The molecule has 1 aliphatic rings. The van der Waals surface area contributed by atoms with E-state index in [1.54, 1.807) is 6.07 Å². The smallest absolute Gasteiger partial charge is 0.251 e. The van der Waals surface area contributed by atoms with E-state index in [9.17, 15) is 9.59 Å². The highest BCUT2D eigenvalue weighted by molar-refractivity contribution is 5.96. The van der Waals surface area contributed by atoms with Gasteiger partial charge in [-0.2, -0.15) is 0 Å². The van der Waals surface area contributed by atoms with Crippen LogP contribution in [0.2, 0.25) is 0 Å². The van der Waals surface area contributed by atoms with Gasteiger partial charge in [0, 0.05) is 11.6 Å². The molecule has 0 saturated heterocycles. The van der Waals surface area contributed by atoms with Gasteiger partial charge in [-0.1, -0.05) is 24.6 Å². The Balaban J connectivity index is 1.77. The molecule has 4 heteroatoms. The average molecular weight is 274 g/mol. The van der Waals surface area contributed by atoms with Crippen LogP contribution in [-0.4, -0.2) is 24.4 Å². The van der Waals surface area contributed by atoms with Gasteiger partial charge in [0.2, 0.25) is 5.91 Å². The summed E-state index contributed by atoms with van der Waals surface area (Å²) in [6, 6.07) is 7.60. The third kappa shape index (κ3) is 4.08. The number of benzene rings is 1. The predicted octanol–water partition coefficient (Wildman–Crippen LogP) is 2.03. The van der Waals surface area contributed by atoms with Crippen LogP contribution in [0.3, 0.4) is 0 Å². The third-order valence-corrected chi connectivity index (χ3v) is 3.75. The maximum Gasteiger partial charge on any atom is 0.251 e. The molecule has 2 unspecified atom stereocenters. The second-order valence-electron chi connectivity index (χ2n) is 5.73. The van der Waals surface area contributed by atoms with E-state index in [4.69, 9.17) is 0 Å². The molecule has 0 aliphatic heterocycles. The Morgan fingerprint density at radius 3 is 2.75 bits per heavy atom. The van der Waals surface area contributed by atoms with Gasteiger partial charge in [0.1, 0.15) is 0 Å². The number of hydrogen-bond donors (Lipinski definition) is 2. The highest BCUT2D eigenvalue weighted by atomic mass is 16.2. The summed E-state index contributed by atoms with van der Waals surface area (Å²) in [5.41, 5.74) is 1.62. The van der Waals surface area contributed by atoms with E-state index < -0.39 is 0 Å². The van der Waals surface area contributed by atoms with Crippen LogP contribution >= 0.6 is 0 Å². The van der Waals surface area contributed by atoms with Crippen LogP contribution < -0.4 is 10.6 Å². The lowest BCUT2D eigenvalue weighted by atomic mass is 10.1. The van der Waals surface area contributed by atoms with Gasteiger partial charge < -0.3 is 10.6 Å². The highest BCUT2D eigenvalue weighted by Gasteiger charge is 2.22. The number of hydrogen-bond acceptors (Lipinski definition) is 2. The van der Waals surface area contributed by atoms with Crippen molar-refractivity contribution in [1.29, 1.82) is 0 Å². The van der Waals surface area contributed by atoms with Gasteiger partial charge in [-0.05, 0) is 44.2 Å². The molecule has 2 N–H and O–H groups in total. The lowest BCUT2D eigenvalue weighted by molar-refractivity contribution is -0.120. The summed E-state index contributed by atoms with van der Waals surface area (Å²) >= 11 is 0. The number of rotatable bonds is 4. The molecular weight excluding hydrogens is 252 g/mol. The molecule has 2 amide bonds. The highest BCUT2D eigenvalue weighted by Crippen LogP contribution is 2.24. The van der Waals surface area contributed by atoms with Gasteiger partial charge in [-0.15, -0.1) is 0 Å². The SMILES string of the molecule is Cc1cccc(C(=O)NCC(=O)NC2CCC(C)C2)c1. The summed E-state index contributed by atoms with van der Waals surface area (Å²) in [4.78, 5) is 23.7. The molecule has 0 aromatic heterocycles. The fourth-order valence-corrected chi connectivity index (χ4v) is 2.67. The van der Waals surface area contributed by atoms with Crippen molar-refractivity contribution in [2.24, 2.45) is 5.92 Å². The molecule has 1 aliphatic carbocycles. The van der Waals surface area contributed by atoms with Gasteiger partial charge in [0.05, 0.1) is 6.54 Å². The molecule has 0 spiro atoms. The predicted molar refractivity (Wildman–Crippen MR) is 78.5 cm³/mol. The number of carbonyl (C=O) groups is 2. The molecule has 0 bridgehead atoms. The minimum Gasteiger partial charge on any atom is -0.352 e. The normalized spacial score (nSPS) is 21.5. The number of aryl methyl sites for hydroxylation is 1. The first-order valence-corrected chi connectivity index (χ1v) is 7.19. The third-order valence-electron chi connectivity index (χ3n) is 3.75. The summed E-state index contributed by atoms with van der Waals surface area (Å²) < 4.78 is 0. The first kappa shape index (κ1) is 14.6. The van der Waals surface area contributed by atoms with Crippen molar-refractivity contribution in [3.8, 4) is 0 Å². The van der Waals surface area contributed by atoms with Crippen molar-refractivity contribution in [3.63, 3.8) is 0 Å². The van der Waals surface area contributed by atoms with E-state index in [2.05, 4.69) is 17.6 Å². The van der Waals surface area contributed by atoms with Crippen LogP contribution in [0.5, 0.6) is 0 Å². The van der Waals surface area contributed by atoms with Crippen molar-refractivity contribution in [2.45, 2.75) is 39.2 Å². The zero-order valence-electron chi connectivity index (χ0n) is 12.1. The first-order valence-electron chi connectivity index (χ1n) is 7.19. The van der Waals surface area contributed by atoms with E-state index in [1.807, 2.05) is 25.1 Å². The van der Waals surface area contributed by atoms with E-state index >= 15 is 0 Å². The summed E-state index contributed by atoms with van der Waals surface area (Å²) in [5, 5.41) is 5.63. The van der Waals surface area contributed by atoms with Crippen molar-refractivity contribution in [2.75, 3.05) is 6.54 Å². The zero-order chi connectivity index (χ0) is 14.5. The fraction of sp³-hybridized carbons (Fsp3) is 0.500. The van der Waals surface area contributed by atoms with Crippen molar-refractivity contribution < 1.29 is 9.59 Å². The molecule has 20 heavy (non-hydrogen) atoms. The largest absolute Gasteiger partial charge is 0.352 e. The summed E-state index contributed by atoms with van der Waals surface area (Å²) in [7, 11) is 0. The summed E-state index contributed by atoms with van der Waals surface area (Å²) in [6.45, 7) is 4.17. The number of carbonyl (C=O) groups excluding carboxylic acids is 2. The second-order valence-corrected chi connectivity index (χ2v) is 5.73. The standard InChI is InChI=1S/C16H22N2O2/c1-11-4-3-5-13(8-11)16(20)17-10-15(19)18-14-7-6-12(2)9-14/h3-5,8,12,14H,6-7,9-10H2,1-2H3,(H,17,20)(H,18,19). The van der Waals surface area contributed by atoms with Crippen LogP contribution in [0.25, 0.3) is 0 Å². The molecule has 108 valence electrons. The Morgan fingerprint density at radius 2 is 2.10 bits per heavy atom. The van der Waals surface area contributed by atoms with Gasteiger partial charge in [0.15, 0.2) is 0 Å². The molecule has 4 nitrogen and oxygen atoms in total. The Bertz CT molecular complexity index is 499. The van der Waals surface area contributed by atoms with E-state index in [0.29, 0.717) is 11.5 Å². The van der Waals surface area contributed by atoms with Crippen LogP contribution in [0, 0.1) is 12.8 Å². The van der Waals surface area contributed by atoms with E-state index in [1.165, 1.54) is 6.42 Å². The average Bonchev–Trinajstić information content (AvgIpc) is 2.81. The zero-order valence-corrected chi connectivity index (χ0v) is 12.1. The van der Waals surface area contributed by atoms with Crippen molar-refractivity contribution >= 4 is 11.8 Å². The number of nitrogens with one attached hydrogen (secondary N) is 2. The Kier molecular flexibility index (Phi) is 4.77. The van der Waals surface area contributed by atoms with E-state index in [-0.39, 0.29) is 24.4 Å². The van der Waals surface area contributed by atoms with Crippen LogP contribution in [-0.2, 0) is 4.79 Å². The summed E-state index contributed by atoms with van der Waals surface area (Å²) in [6.07, 6.45) is 3.25. The lowest BCUT2D eigenvalue weighted by Crippen LogP contribution is -2.41. The Hall–Kier alpha value is -1.84. The molecule has 2 rings (SSSR count). The Labute approximate surface area is 119 Å². The fourth-order valence-electron chi connectivity index (χ4n) is 2.67. The van der Waals surface area contributed by atoms with Gasteiger partial charge in [0.25, 0.3) is 5.91 Å². The first-order chi connectivity index (χ1) is 9.54. The molecule has 0 radical (unpaired) electrons. The molecule has 1 fully saturated rings. The van der Waals surface area contributed by atoms with Crippen LogP contribution in [0.15, 0.2) is 24.3 Å². The topological polar surface area (TPSA) is 58.2 Å². The van der Waals surface area contributed by atoms with Gasteiger partial charge in [-0.3, -0.25) is 9.59 Å². The monoisotopic (exact) mass is 274 g/mol. The molecular formula is C16H22N2O2. The molecule has 1 aromatic carbocycles. The Morgan fingerprint density at radius 1 is 1.30 bits per heavy atom. The second kappa shape index (κ2) is 6.55. The minimum atomic E-state index is -0.205. The van der Waals surface area contributed by atoms with E-state index in [0.717, 1.165) is 18.4 Å². The summed E-state index contributed by atoms with van der Waals surface area (Å²) in [5.74, 6) is 0.371. The number of amides is 2. The molecule has 1 saturated carbocycles. The molecule has 0 heterocycles. The molecule has 1 aromatic rings. The maximum atomic E-state index is 11.9. The maximum absolute atomic E-state index is 11.9. The van der Waals surface area contributed by atoms with Crippen LogP contribution in [0.4, 0.5) is 0 Å². The quantitative estimate of drug-likeness (QED) is 0.882. The minimum absolute atomic E-state index is 0.0393.